The smallest absolute Gasteiger partial charge is 0.220 e. The summed E-state index contributed by atoms with van der Waals surface area (Å²) in [7, 11) is 0. The molecule has 1 saturated heterocycles. The van der Waals surface area contributed by atoms with Crippen molar-refractivity contribution >= 4 is 17.5 Å². The van der Waals surface area contributed by atoms with Gasteiger partial charge in [-0.3, -0.25) is 9.59 Å². The van der Waals surface area contributed by atoms with Crippen LogP contribution in [0.5, 0.6) is 0 Å². The number of nitrogens with zero attached hydrogens (tertiary/aromatic N) is 4. The minimum absolute atomic E-state index is 0.0344. The van der Waals surface area contributed by atoms with Crippen LogP contribution in [0.2, 0.25) is 0 Å². The Kier molecular flexibility index (Phi) is 5.77. The second kappa shape index (κ2) is 8.06. The molecule has 0 spiro atoms. The molecule has 7 heteroatoms. The number of aromatic nitrogens is 3. The first-order valence-electron chi connectivity index (χ1n) is 9.82. The summed E-state index contributed by atoms with van der Waals surface area (Å²) in [5, 5.41) is 7.68. The lowest BCUT2D eigenvalue weighted by atomic mass is 10.1. The zero-order valence-electron chi connectivity index (χ0n) is 16.7. The number of hydrogen-bond donors (Lipinski definition) is 1. The van der Waals surface area contributed by atoms with Crippen molar-refractivity contribution in [2.75, 3.05) is 13.1 Å². The molecular formula is C20H29N5O2. The standard InChI is InChI=1S/C20H29N5O2/c1-5-10-21-20(27)9-8-16-13(2)22-19-12-17(23-25(19)14(16)3)18-7-6-11-24(18)15(4)26/h12,18H,5-11H2,1-4H3,(H,21,27)/t18-/m1/s1. The van der Waals surface area contributed by atoms with Gasteiger partial charge < -0.3 is 10.2 Å². The van der Waals surface area contributed by atoms with E-state index in [1.807, 2.05) is 36.3 Å². The molecule has 1 fully saturated rings. The summed E-state index contributed by atoms with van der Waals surface area (Å²) < 4.78 is 1.86. The average Bonchev–Trinajstić information content (AvgIpc) is 3.26. The molecule has 146 valence electrons. The van der Waals surface area contributed by atoms with Crippen LogP contribution >= 0.6 is 0 Å². The molecule has 3 rings (SSSR count). The molecular weight excluding hydrogens is 342 g/mol. The van der Waals surface area contributed by atoms with Gasteiger partial charge in [0.05, 0.1) is 11.7 Å². The summed E-state index contributed by atoms with van der Waals surface area (Å²) >= 11 is 0. The first-order valence-corrected chi connectivity index (χ1v) is 9.82. The largest absolute Gasteiger partial charge is 0.356 e. The van der Waals surface area contributed by atoms with E-state index in [2.05, 4.69) is 5.32 Å². The highest BCUT2D eigenvalue weighted by atomic mass is 16.2. The van der Waals surface area contributed by atoms with Gasteiger partial charge in [-0.15, -0.1) is 0 Å². The van der Waals surface area contributed by atoms with Crippen molar-refractivity contribution in [2.45, 2.75) is 65.8 Å². The number of carbonyl (C=O) groups is 2. The first-order chi connectivity index (χ1) is 12.9. The molecule has 2 aromatic rings. The van der Waals surface area contributed by atoms with Gasteiger partial charge in [0, 0.05) is 43.9 Å². The fraction of sp³-hybridized carbons (Fsp3) is 0.600. The van der Waals surface area contributed by atoms with E-state index in [1.165, 1.54) is 0 Å². The van der Waals surface area contributed by atoms with E-state index in [0.717, 1.165) is 54.1 Å². The van der Waals surface area contributed by atoms with Crippen LogP contribution in [-0.4, -0.2) is 44.4 Å². The van der Waals surface area contributed by atoms with Crippen molar-refractivity contribution < 1.29 is 9.59 Å². The van der Waals surface area contributed by atoms with E-state index in [1.54, 1.807) is 6.92 Å². The van der Waals surface area contributed by atoms with Crippen molar-refractivity contribution in [3.63, 3.8) is 0 Å². The van der Waals surface area contributed by atoms with Crippen molar-refractivity contribution in [1.29, 1.82) is 0 Å². The zero-order valence-corrected chi connectivity index (χ0v) is 16.7. The van der Waals surface area contributed by atoms with Crippen LogP contribution in [-0.2, 0) is 16.0 Å². The van der Waals surface area contributed by atoms with Crippen LogP contribution in [0.4, 0.5) is 0 Å². The Balaban J connectivity index is 1.86. The van der Waals surface area contributed by atoms with Crippen LogP contribution < -0.4 is 5.32 Å². The predicted molar refractivity (Wildman–Crippen MR) is 103 cm³/mol. The van der Waals surface area contributed by atoms with Gasteiger partial charge in [0.2, 0.25) is 11.8 Å². The third kappa shape index (κ3) is 3.96. The Morgan fingerprint density at radius 2 is 2.11 bits per heavy atom. The summed E-state index contributed by atoms with van der Waals surface area (Å²) in [6, 6.07) is 2.02. The third-order valence-corrected chi connectivity index (χ3v) is 5.36. The molecule has 1 aliphatic heterocycles. The van der Waals surface area contributed by atoms with Crippen molar-refractivity contribution in [1.82, 2.24) is 24.8 Å². The quantitative estimate of drug-likeness (QED) is 0.846. The highest BCUT2D eigenvalue weighted by Gasteiger charge is 2.30. The van der Waals surface area contributed by atoms with Crippen LogP contribution in [0.15, 0.2) is 6.07 Å². The molecule has 2 aromatic heterocycles. The number of likely N-dealkylation sites (tertiary alicyclic amines) is 1. The third-order valence-electron chi connectivity index (χ3n) is 5.36. The fourth-order valence-corrected chi connectivity index (χ4v) is 3.91. The van der Waals surface area contributed by atoms with Gasteiger partial charge in [0.1, 0.15) is 0 Å². The van der Waals surface area contributed by atoms with Crippen molar-refractivity contribution in [3.05, 3.63) is 28.7 Å². The van der Waals surface area contributed by atoms with Crippen LogP contribution in [0, 0.1) is 13.8 Å². The van der Waals surface area contributed by atoms with Gasteiger partial charge in [-0.05, 0) is 45.1 Å². The molecule has 3 heterocycles. The Morgan fingerprint density at radius 3 is 2.81 bits per heavy atom. The second-order valence-corrected chi connectivity index (χ2v) is 7.32. The number of aryl methyl sites for hydroxylation is 2. The van der Waals surface area contributed by atoms with Crippen LogP contribution in [0.1, 0.15) is 68.2 Å². The Hall–Kier alpha value is -2.44. The lowest BCUT2D eigenvalue weighted by Gasteiger charge is -2.21. The van der Waals surface area contributed by atoms with Gasteiger partial charge >= 0.3 is 0 Å². The van der Waals surface area contributed by atoms with E-state index in [4.69, 9.17) is 10.1 Å². The van der Waals surface area contributed by atoms with E-state index in [0.29, 0.717) is 19.4 Å². The molecule has 7 nitrogen and oxygen atoms in total. The number of carbonyl (C=O) groups excluding carboxylic acids is 2. The van der Waals surface area contributed by atoms with Crippen molar-refractivity contribution in [3.8, 4) is 0 Å². The molecule has 0 aliphatic carbocycles. The first kappa shape index (κ1) is 19.3. The maximum absolute atomic E-state index is 11.9. The summed E-state index contributed by atoms with van der Waals surface area (Å²) in [6.45, 7) is 9.16. The summed E-state index contributed by atoms with van der Waals surface area (Å²) in [6.07, 6.45) is 3.97. The van der Waals surface area contributed by atoms with Crippen LogP contribution in [0.25, 0.3) is 5.65 Å². The van der Waals surface area contributed by atoms with E-state index >= 15 is 0 Å². The molecule has 0 bridgehead atoms. The highest BCUT2D eigenvalue weighted by molar-refractivity contribution is 5.76. The lowest BCUT2D eigenvalue weighted by Crippen LogP contribution is -2.28. The summed E-state index contributed by atoms with van der Waals surface area (Å²) in [5.74, 6) is 0.161. The number of rotatable bonds is 6. The minimum Gasteiger partial charge on any atom is -0.356 e. The van der Waals surface area contributed by atoms with E-state index < -0.39 is 0 Å². The maximum atomic E-state index is 11.9. The molecule has 1 atom stereocenters. The number of amides is 2. The topological polar surface area (TPSA) is 79.6 Å². The summed E-state index contributed by atoms with van der Waals surface area (Å²) in [4.78, 5) is 30.4. The van der Waals surface area contributed by atoms with Gasteiger partial charge in [0.25, 0.3) is 0 Å². The molecule has 1 N–H and O–H groups in total. The molecule has 1 aliphatic rings. The monoisotopic (exact) mass is 371 g/mol. The molecule has 0 radical (unpaired) electrons. The number of nitrogens with one attached hydrogen (secondary N) is 1. The SMILES string of the molecule is CCCNC(=O)CCc1c(C)nc2cc([C@H]3CCCN3C(C)=O)nn2c1C. The average molecular weight is 371 g/mol. The Morgan fingerprint density at radius 1 is 1.33 bits per heavy atom. The van der Waals surface area contributed by atoms with Gasteiger partial charge in [-0.2, -0.15) is 5.10 Å². The number of hydrogen-bond acceptors (Lipinski definition) is 4. The van der Waals surface area contributed by atoms with Gasteiger partial charge in [0.15, 0.2) is 5.65 Å². The minimum atomic E-state index is 0.0344. The second-order valence-electron chi connectivity index (χ2n) is 7.32. The molecule has 0 unspecified atom stereocenters. The number of fused-ring (bicyclic) bond motifs is 1. The van der Waals surface area contributed by atoms with E-state index in [9.17, 15) is 9.59 Å². The molecule has 2 amide bonds. The van der Waals surface area contributed by atoms with E-state index in [-0.39, 0.29) is 17.9 Å². The zero-order chi connectivity index (χ0) is 19.6. The van der Waals surface area contributed by atoms with Crippen LogP contribution in [0.3, 0.4) is 0 Å². The predicted octanol–water partition coefficient (Wildman–Crippen LogP) is 2.49. The van der Waals surface area contributed by atoms with Crippen molar-refractivity contribution in [2.24, 2.45) is 0 Å². The molecule has 27 heavy (non-hydrogen) atoms. The fourth-order valence-electron chi connectivity index (χ4n) is 3.91. The maximum Gasteiger partial charge on any atom is 0.220 e. The Labute approximate surface area is 160 Å². The lowest BCUT2D eigenvalue weighted by molar-refractivity contribution is -0.129. The normalized spacial score (nSPS) is 16.9. The van der Waals surface area contributed by atoms with Gasteiger partial charge in [-0.25, -0.2) is 9.50 Å². The summed E-state index contributed by atoms with van der Waals surface area (Å²) in [5.41, 5.74) is 4.72. The molecule has 0 aromatic carbocycles. The highest BCUT2D eigenvalue weighted by Crippen LogP contribution is 2.32. The molecule has 0 saturated carbocycles. The Bertz CT molecular complexity index is 858. The van der Waals surface area contributed by atoms with Gasteiger partial charge in [-0.1, -0.05) is 6.92 Å².